The first kappa shape index (κ1) is 24.3. The number of aliphatic carboxylic acids is 1. The van der Waals surface area contributed by atoms with Crippen LogP contribution in [0.3, 0.4) is 0 Å². The van der Waals surface area contributed by atoms with E-state index in [4.69, 9.17) is 26.8 Å². The zero-order valence-electron chi connectivity index (χ0n) is 17.6. The molecule has 1 aliphatic heterocycles. The maximum absolute atomic E-state index is 12.7. The summed E-state index contributed by atoms with van der Waals surface area (Å²) >= 11 is 9.96. The van der Waals surface area contributed by atoms with Crippen molar-refractivity contribution in [2.24, 2.45) is 0 Å². The molecule has 168 valence electrons. The predicted molar refractivity (Wildman–Crippen MR) is 133 cm³/mol. The highest BCUT2D eigenvalue weighted by Crippen LogP contribution is 2.39. The molecule has 0 radical (unpaired) electrons. The zero-order valence-corrected chi connectivity index (χ0v) is 20.8. The standard InChI is InChI=1S/C23H22BrNO5S2/c1-3-29-18-11-16(12-19-22(28)25(23(31)32-19)9-8-20(26)27)10-17(24)21(18)30-13-15-6-4-14(2)5-7-15/h4-7,10-12H,3,8-9,13H2,1-2H3,(H,26,27)/b19-12+. The second-order valence-electron chi connectivity index (χ2n) is 7.01. The van der Waals surface area contributed by atoms with E-state index in [9.17, 15) is 9.59 Å². The molecule has 0 aromatic heterocycles. The normalized spacial score (nSPS) is 14.8. The van der Waals surface area contributed by atoms with Crippen molar-refractivity contribution in [3.63, 3.8) is 0 Å². The second-order valence-corrected chi connectivity index (χ2v) is 9.54. The van der Waals surface area contributed by atoms with Gasteiger partial charge in [0.05, 0.1) is 22.4 Å². The molecule has 1 saturated heterocycles. The zero-order chi connectivity index (χ0) is 23.3. The largest absolute Gasteiger partial charge is 0.490 e. The minimum absolute atomic E-state index is 0.0526. The summed E-state index contributed by atoms with van der Waals surface area (Å²) in [6, 6.07) is 11.8. The molecule has 9 heteroatoms. The van der Waals surface area contributed by atoms with Crippen LogP contribution in [0, 0.1) is 6.92 Å². The van der Waals surface area contributed by atoms with Gasteiger partial charge in [-0.15, -0.1) is 0 Å². The Labute approximate surface area is 204 Å². The van der Waals surface area contributed by atoms with Gasteiger partial charge in [0, 0.05) is 6.54 Å². The van der Waals surface area contributed by atoms with Gasteiger partial charge in [0.15, 0.2) is 11.5 Å². The number of carboxylic acids is 1. The fraction of sp³-hybridized carbons (Fsp3) is 0.261. The van der Waals surface area contributed by atoms with E-state index in [1.807, 2.05) is 50.2 Å². The molecule has 1 N–H and O–H groups in total. The van der Waals surface area contributed by atoms with Gasteiger partial charge in [0.1, 0.15) is 10.9 Å². The van der Waals surface area contributed by atoms with E-state index < -0.39 is 5.97 Å². The van der Waals surface area contributed by atoms with Gasteiger partial charge in [-0.1, -0.05) is 53.8 Å². The summed E-state index contributed by atoms with van der Waals surface area (Å²) in [5.74, 6) is -0.134. The van der Waals surface area contributed by atoms with Gasteiger partial charge in [0.2, 0.25) is 0 Å². The number of halogens is 1. The van der Waals surface area contributed by atoms with Crippen LogP contribution in [0.15, 0.2) is 45.8 Å². The molecule has 0 spiro atoms. The number of hydrogen-bond acceptors (Lipinski definition) is 6. The SMILES string of the molecule is CCOc1cc(/C=C2/SC(=S)N(CCC(=O)O)C2=O)cc(Br)c1OCc1ccc(C)cc1. The number of amides is 1. The van der Waals surface area contributed by atoms with Gasteiger partial charge in [-0.2, -0.15) is 0 Å². The first-order valence-corrected chi connectivity index (χ1v) is 11.9. The van der Waals surface area contributed by atoms with Crippen molar-refractivity contribution >= 4 is 62.2 Å². The monoisotopic (exact) mass is 535 g/mol. The van der Waals surface area contributed by atoms with Gasteiger partial charge < -0.3 is 14.6 Å². The van der Waals surface area contributed by atoms with Gasteiger partial charge >= 0.3 is 5.97 Å². The van der Waals surface area contributed by atoms with Crippen molar-refractivity contribution in [2.75, 3.05) is 13.2 Å². The number of carbonyl (C=O) groups excluding carboxylic acids is 1. The first-order chi connectivity index (χ1) is 15.3. The molecule has 2 aromatic rings. The van der Waals surface area contributed by atoms with Crippen LogP contribution in [0.4, 0.5) is 0 Å². The third kappa shape index (κ3) is 6.11. The van der Waals surface area contributed by atoms with E-state index in [1.165, 1.54) is 10.5 Å². The van der Waals surface area contributed by atoms with E-state index in [-0.39, 0.29) is 18.9 Å². The van der Waals surface area contributed by atoms with Gasteiger partial charge in [-0.05, 0) is 59.1 Å². The number of carboxylic acid groups (broad SMARTS) is 1. The molecule has 6 nitrogen and oxygen atoms in total. The van der Waals surface area contributed by atoms with E-state index in [2.05, 4.69) is 15.9 Å². The lowest BCUT2D eigenvalue weighted by atomic mass is 10.1. The number of nitrogens with zero attached hydrogens (tertiary/aromatic N) is 1. The predicted octanol–water partition coefficient (Wildman–Crippen LogP) is 5.41. The number of carbonyl (C=O) groups is 2. The number of thioether (sulfide) groups is 1. The van der Waals surface area contributed by atoms with Crippen LogP contribution < -0.4 is 9.47 Å². The van der Waals surface area contributed by atoms with Crippen LogP contribution in [0.25, 0.3) is 6.08 Å². The molecular weight excluding hydrogens is 514 g/mol. The summed E-state index contributed by atoms with van der Waals surface area (Å²) in [5, 5.41) is 8.88. The Morgan fingerprint density at radius 3 is 2.62 bits per heavy atom. The van der Waals surface area contributed by atoms with Crippen molar-refractivity contribution in [1.82, 2.24) is 4.90 Å². The number of rotatable bonds is 9. The van der Waals surface area contributed by atoms with Gasteiger partial charge in [-0.25, -0.2) is 0 Å². The summed E-state index contributed by atoms with van der Waals surface area (Å²) in [6.45, 7) is 4.82. The minimum Gasteiger partial charge on any atom is -0.490 e. The van der Waals surface area contributed by atoms with E-state index >= 15 is 0 Å². The number of hydrogen-bond donors (Lipinski definition) is 1. The van der Waals surface area contributed by atoms with E-state index in [0.717, 1.165) is 22.9 Å². The Morgan fingerprint density at radius 2 is 1.97 bits per heavy atom. The second kappa shape index (κ2) is 11.0. The molecule has 1 fully saturated rings. The molecule has 1 heterocycles. The molecule has 0 aliphatic carbocycles. The lowest BCUT2D eigenvalue weighted by Crippen LogP contribution is -2.30. The average molecular weight is 536 g/mol. The molecule has 0 saturated carbocycles. The highest BCUT2D eigenvalue weighted by molar-refractivity contribution is 9.10. The molecule has 2 aromatic carbocycles. The number of ether oxygens (including phenoxy) is 2. The van der Waals surface area contributed by atoms with Crippen molar-refractivity contribution in [1.29, 1.82) is 0 Å². The Balaban J connectivity index is 1.82. The fourth-order valence-electron chi connectivity index (χ4n) is 2.97. The van der Waals surface area contributed by atoms with Crippen molar-refractivity contribution in [3.8, 4) is 11.5 Å². The summed E-state index contributed by atoms with van der Waals surface area (Å²) < 4.78 is 12.9. The minimum atomic E-state index is -0.977. The Kier molecular flexibility index (Phi) is 8.33. The van der Waals surface area contributed by atoms with Crippen molar-refractivity contribution < 1.29 is 24.2 Å². The summed E-state index contributed by atoms with van der Waals surface area (Å²) in [7, 11) is 0. The highest BCUT2D eigenvalue weighted by atomic mass is 79.9. The highest BCUT2D eigenvalue weighted by Gasteiger charge is 2.32. The lowest BCUT2D eigenvalue weighted by molar-refractivity contribution is -0.137. The van der Waals surface area contributed by atoms with E-state index in [1.54, 1.807) is 6.08 Å². The molecule has 1 aliphatic rings. The molecule has 0 bridgehead atoms. The maximum Gasteiger partial charge on any atom is 0.305 e. The smallest absolute Gasteiger partial charge is 0.305 e. The summed E-state index contributed by atoms with van der Waals surface area (Å²) in [5.41, 5.74) is 2.96. The van der Waals surface area contributed by atoms with Crippen LogP contribution in [0.1, 0.15) is 30.0 Å². The quantitative estimate of drug-likeness (QED) is 0.339. The summed E-state index contributed by atoms with van der Waals surface area (Å²) in [4.78, 5) is 25.3. The van der Waals surface area contributed by atoms with Crippen LogP contribution in [-0.4, -0.2) is 39.4 Å². The Morgan fingerprint density at radius 1 is 1.25 bits per heavy atom. The summed E-state index contributed by atoms with van der Waals surface area (Å²) in [6.07, 6.45) is 1.56. The third-order valence-electron chi connectivity index (χ3n) is 4.56. The topological polar surface area (TPSA) is 76.1 Å². The van der Waals surface area contributed by atoms with Gasteiger partial charge in [0.25, 0.3) is 5.91 Å². The van der Waals surface area contributed by atoms with Crippen LogP contribution >= 0.6 is 39.9 Å². The number of thiocarbonyl (C=S) groups is 1. The van der Waals surface area contributed by atoms with E-state index in [0.29, 0.717) is 38.4 Å². The van der Waals surface area contributed by atoms with Crippen LogP contribution in [0.5, 0.6) is 11.5 Å². The van der Waals surface area contributed by atoms with Crippen molar-refractivity contribution in [3.05, 3.63) is 62.5 Å². The fourth-order valence-corrected chi connectivity index (χ4v) is 4.85. The Hall–Kier alpha value is -2.36. The lowest BCUT2D eigenvalue weighted by Gasteiger charge is -2.15. The van der Waals surface area contributed by atoms with Gasteiger partial charge in [-0.3, -0.25) is 14.5 Å². The molecular formula is C23H22BrNO5S2. The number of benzene rings is 2. The third-order valence-corrected chi connectivity index (χ3v) is 6.52. The molecule has 1 amide bonds. The maximum atomic E-state index is 12.7. The molecule has 0 unspecified atom stereocenters. The Bertz CT molecular complexity index is 1070. The number of aryl methyl sites for hydroxylation is 1. The van der Waals surface area contributed by atoms with Crippen LogP contribution in [0.2, 0.25) is 0 Å². The van der Waals surface area contributed by atoms with Crippen LogP contribution in [-0.2, 0) is 16.2 Å². The average Bonchev–Trinajstić information content (AvgIpc) is 3.00. The molecule has 3 rings (SSSR count). The molecule has 32 heavy (non-hydrogen) atoms. The first-order valence-electron chi connectivity index (χ1n) is 9.90. The molecule has 0 atom stereocenters. The van der Waals surface area contributed by atoms with Crippen molar-refractivity contribution in [2.45, 2.75) is 26.9 Å².